The Morgan fingerprint density at radius 1 is 1.07 bits per heavy atom. The molecule has 1 aromatic carbocycles. The molecule has 12 nitrogen and oxygen atoms in total. The van der Waals surface area contributed by atoms with Crippen molar-refractivity contribution >= 4 is 28.9 Å². The molecule has 2 bridgehead atoms. The van der Waals surface area contributed by atoms with Crippen molar-refractivity contribution in [1.82, 2.24) is 19.8 Å². The number of hydrogen-bond acceptors (Lipinski definition) is 9. The normalized spacial score (nSPS) is 31.0. The van der Waals surface area contributed by atoms with Crippen LogP contribution < -0.4 is 15.6 Å². The van der Waals surface area contributed by atoms with E-state index in [4.69, 9.17) is 14.2 Å². The van der Waals surface area contributed by atoms with Crippen LogP contribution >= 0.6 is 0 Å². The topological polar surface area (TPSA) is 149 Å². The largest absolute Gasteiger partial charge is 0.508 e. The summed E-state index contributed by atoms with van der Waals surface area (Å²) in [4.78, 5) is 59.9. The lowest BCUT2D eigenvalue weighted by atomic mass is 9.85. The van der Waals surface area contributed by atoms with Crippen LogP contribution in [0.15, 0.2) is 23.0 Å². The molecular weight excluding hydrogens is 568 g/mol. The fourth-order valence-corrected chi connectivity index (χ4v) is 7.39. The number of nitrogens with one attached hydrogen (secondary N) is 1. The van der Waals surface area contributed by atoms with Crippen LogP contribution in [0.3, 0.4) is 0 Å². The van der Waals surface area contributed by atoms with E-state index in [9.17, 15) is 24.3 Å². The van der Waals surface area contributed by atoms with Crippen LogP contribution in [0.25, 0.3) is 10.9 Å². The molecule has 2 aliphatic carbocycles. The summed E-state index contributed by atoms with van der Waals surface area (Å²) in [5.74, 6) is 0.331. The molecule has 6 rings (SSSR count). The number of aromatic hydroxyl groups is 1. The Kier molecular flexibility index (Phi) is 7.96. The van der Waals surface area contributed by atoms with Gasteiger partial charge in [-0.25, -0.2) is 9.59 Å². The third-order valence-corrected chi connectivity index (χ3v) is 9.79. The fraction of sp³-hybridized carbons (Fsp3) is 0.656. The van der Waals surface area contributed by atoms with Crippen molar-refractivity contribution in [3.8, 4) is 11.8 Å². The smallest absolute Gasteiger partial charge is 0.408 e. The first-order chi connectivity index (χ1) is 20.9. The van der Waals surface area contributed by atoms with Gasteiger partial charge in [-0.1, -0.05) is 33.6 Å². The molecule has 2 N–H and O–H groups in total. The van der Waals surface area contributed by atoms with Crippen molar-refractivity contribution in [2.75, 3.05) is 13.7 Å². The van der Waals surface area contributed by atoms with Gasteiger partial charge in [0.05, 0.1) is 24.6 Å². The van der Waals surface area contributed by atoms with Crippen LogP contribution in [0.1, 0.15) is 65.7 Å². The van der Waals surface area contributed by atoms with Crippen LogP contribution in [0.2, 0.25) is 0 Å². The first-order valence-corrected chi connectivity index (χ1v) is 15.7. The van der Waals surface area contributed by atoms with Crippen LogP contribution in [0.5, 0.6) is 11.8 Å². The third kappa shape index (κ3) is 5.82. The highest BCUT2D eigenvalue weighted by atomic mass is 16.6. The predicted octanol–water partition coefficient (Wildman–Crippen LogP) is 3.36. The molecular formula is C32H42N4O8. The standard InChI is InChI=1S/C32H42N4O8/c1-32(2,3)26-28(39)36-16-19(15-24(36)29(40)42-4)43-30-33-23-14-18(37)9-10-21(23)27(38)35(30)11-7-5-6-8-20-22-12-17(22)13-25(20)44-31(41)34-26/h9-10,14,17,19-20,22,24-26,37H,5-8,11-13,15-16H2,1-4H3,(H,34,41). The Morgan fingerprint density at radius 3 is 2.61 bits per heavy atom. The van der Waals surface area contributed by atoms with E-state index in [2.05, 4.69) is 10.3 Å². The zero-order chi connectivity index (χ0) is 31.3. The van der Waals surface area contributed by atoms with Gasteiger partial charge in [0.1, 0.15) is 30.0 Å². The number of ether oxygens (including phenoxy) is 3. The second kappa shape index (κ2) is 11.6. The summed E-state index contributed by atoms with van der Waals surface area (Å²) in [6.45, 7) is 5.93. The van der Waals surface area contributed by atoms with E-state index in [1.54, 1.807) is 6.07 Å². The van der Waals surface area contributed by atoms with Gasteiger partial charge in [-0.15, -0.1) is 0 Å². The molecule has 2 aromatic rings. The maximum Gasteiger partial charge on any atom is 0.408 e. The lowest BCUT2D eigenvalue weighted by molar-refractivity contribution is -0.152. The number of nitrogens with zero attached hydrogens (tertiary/aromatic N) is 3. The number of phenolic OH excluding ortho intramolecular Hbond substituents is 1. The Balaban J connectivity index is 1.37. The SMILES string of the molecule is COC(=O)C1CC2CN1C(=O)C(C(C)(C)C)NC(=O)OC1CC3CC3C1CCCCCn1c(nc3cc(O)ccc3c1=O)O2. The molecule has 3 fully saturated rings. The molecule has 12 heteroatoms. The highest BCUT2D eigenvalue weighted by Crippen LogP contribution is 2.57. The van der Waals surface area contributed by atoms with Gasteiger partial charge in [-0.2, -0.15) is 4.98 Å². The average Bonchev–Trinajstić information content (AvgIpc) is 3.46. The first kappa shape index (κ1) is 30.2. The Morgan fingerprint density at radius 2 is 1.86 bits per heavy atom. The number of esters is 1. The minimum atomic E-state index is -0.978. The van der Waals surface area contributed by atoms with E-state index >= 15 is 0 Å². The highest BCUT2D eigenvalue weighted by Gasteiger charge is 2.54. The van der Waals surface area contributed by atoms with E-state index in [0.717, 1.165) is 32.1 Å². The van der Waals surface area contributed by atoms with Crippen LogP contribution in [-0.4, -0.2) is 75.5 Å². The second-order valence-electron chi connectivity index (χ2n) is 13.9. The van der Waals surface area contributed by atoms with E-state index in [1.807, 2.05) is 20.8 Å². The van der Waals surface area contributed by atoms with Crippen molar-refractivity contribution in [2.45, 2.75) is 96.6 Å². The average molecular weight is 611 g/mol. The Labute approximate surface area is 256 Å². The number of carbonyl (C=O) groups is 3. The van der Waals surface area contributed by atoms with E-state index in [1.165, 1.54) is 28.7 Å². The van der Waals surface area contributed by atoms with E-state index in [0.29, 0.717) is 35.7 Å². The molecule has 2 saturated carbocycles. The molecule has 44 heavy (non-hydrogen) atoms. The molecule has 0 spiro atoms. The Bertz CT molecular complexity index is 1520. The van der Waals surface area contributed by atoms with Gasteiger partial charge in [-0.3, -0.25) is 14.2 Å². The quantitative estimate of drug-likeness (QED) is 0.464. The van der Waals surface area contributed by atoms with Crippen molar-refractivity contribution in [3.63, 3.8) is 0 Å². The third-order valence-electron chi connectivity index (χ3n) is 9.79. The molecule has 3 heterocycles. The van der Waals surface area contributed by atoms with Gasteiger partial charge in [0.25, 0.3) is 11.6 Å². The lowest BCUT2D eigenvalue weighted by Crippen LogP contribution is -2.57. The first-order valence-electron chi connectivity index (χ1n) is 15.7. The number of amides is 2. The lowest BCUT2D eigenvalue weighted by Gasteiger charge is -2.35. The van der Waals surface area contributed by atoms with Gasteiger partial charge in [-0.05, 0) is 61.0 Å². The van der Waals surface area contributed by atoms with Crippen LogP contribution in [0.4, 0.5) is 4.79 Å². The summed E-state index contributed by atoms with van der Waals surface area (Å²) in [6.07, 6.45) is 4.03. The maximum absolute atomic E-state index is 14.1. The number of methoxy groups -OCH3 is 1. The van der Waals surface area contributed by atoms with Gasteiger partial charge < -0.3 is 29.5 Å². The van der Waals surface area contributed by atoms with Crippen LogP contribution in [0, 0.1) is 23.2 Å². The molecule has 2 amide bonds. The van der Waals surface area contributed by atoms with Gasteiger partial charge >= 0.3 is 12.1 Å². The molecule has 238 valence electrons. The molecule has 4 aliphatic rings. The summed E-state index contributed by atoms with van der Waals surface area (Å²) in [5.41, 5.74) is -0.688. The second-order valence-corrected chi connectivity index (χ2v) is 13.9. The van der Waals surface area contributed by atoms with Crippen LogP contribution in [-0.2, 0) is 25.6 Å². The minimum absolute atomic E-state index is 0.0178. The summed E-state index contributed by atoms with van der Waals surface area (Å²) >= 11 is 0. The monoisotopic (exact) mass is 610 g/mol. The number of phenols is 1. The number of hydrogen-bond donors (Lipinski definition) is 2. The van der Waals surface area contributed by atoms with E-state index in [-0.39, 0.29) is 42.3 Å². The number of alkyl carbamates (subject to hydrolysis) is 1. The summed E-state index contributed by atoms with van der Waals surface area (Å²) in [7, 11) is 1.26. The summed E-state index contributed by atoms with van der Waals surface area (Å²) in [6, 6.07) is 2.55. The number of aromatic nitrogens is 2. The number of carbonyl (C=O) groups excluding carboxylic acids is 3. The number of fused-ring (bicyclic) bond motifs is 7. The highest BCUT2D eigenvalue weighted by molar-refractivity contribution is 5.91. The Hall–Kier alpha value is -3.83. The molecule has 7 atom stereocenters. The number of rotatable bonds is 1. The summed E-state index contributed by atoms with van der Waals surface area (Å²) in [5, 5.41) is 13.3. The van der Waals surface area contributed by atoms with Gasteiger partial charge in [0, 0.05) is 19.0 Å². The summed E-state index contributed by atoms with van der Waals surface area (Å²) < 4.78 is 18.8. The van der Waals surface area contributed by atoms with Crippen molar-refractivity contribution in [3.05, 3.63) is 28.6 Å². The minimum Gasteiger partial charge on any atom is -0.508 e. The molecule has 7 unspecified atom stereocenters. The maximum atomic E-state index is 14.1. The molecule has 1 saturated heterocycles. The molecule has 2 aliphatic heterocycles. The predicted molar refractivity (Wildman–Crippen MR) is 159 cm³/mol. The zero-order valence-electron chi connectivity index (χ0n) is 25.8. The number of benzene rings is 1. The van der Waals surface area contributed by atoms with Crippen molar-refractivity contribution in [1.29, 1.82) is 0 Å². The fourth-order valence-electron chi connectivity index (χ4n) is 7.39. The van der Waals surface area contributed by atoms with E-state index < -0.39 is 41.6 Å². The molecule has 1 aromatic heterocycles. The van der Waals surface area contributed by atoms with Gasteiger partial charge in [0.15, 0.2) is 0 Å². The van der Waals surface area contributed by atoms with Crippen molar-refractivity contribution < 1.29 is 33.7 Å². The van der Waals surface area contributed by atoms with Gasteiger partial charge in [0.2, 0.25) is 5.91 Å². The zero-order valence-corrected chi connectivity index (χ0v) is 25.8. The molecule has 0 radical (unpaired) electrons. The van der Waals surface area contributed by atoms with Crippen molar-refractivity contribution in [2.24, 2.45) is 23.2 Å².